The molecule has 0 atom stereocenters. The van der Waals surface area contributed by atoms with E-state index in [9.17, 15) is 4.79 Å². The summed E-state index contributed by atoms with van der Waals surface area (Å²) in [6.45, 7) is 4.27. The summed E-state index contributed by atoms with van der Waals surface area (Å²) in [6.07, 6.45) is 0. The highest BCUT2D eigenvalue weighted by Gasteiger charge is 2.14. The van der Waals surface area contributed by atoms with Crippen molar-refractivity contribution in [2.75, 3.05) is 49.2 Å². The number of rotatable bonds is 5. The van der Waals surface area contributed by atoms with Crippen molar-refractivity contribution in [3.8, 4) is 0 Å². The van der Waals surface area contributed by atoms with Gasteiger partial charge in [-0.25, -0.2) is 0 Å². The fourth-order valence-electron chi connectivity index (χ4n) is 3.42. The zero-order valence-electron chi connectivity index (χ0n) is 16.1. The van der Waals surface area contributed by atoms with Crippen LogP contribution in [0.15, 0.2) is 71.6 Å². The van der Waals surface area contributed by atoms with Gasteiger partial charge in [-0.1, -0.05) is 30.3 Å². The van der Waals surface area contributed by atoms with Crippen molar-refractivity contribution in [3.05, 3.63) is 66.7 Å². The third kappa shape index (κ3) is 4.66. The van der Waals surface area contributed by atoms with Crippen LogP contribution in [0, 0.1) is 0 Å². The van der Waals surface area contributed by atoms with E-state index >= 15 is 0 Å². The number of amides is 1. The van der Waals surface area contributed by atoms with Crippen LogP contribution in [0.5, 0.6) is 0 Å². The smallest absolute Gasteiger partial charge is 0.234 e. The SMILES string of the molecule is CN1CCN(c2ccc(NC(=O)CSc3ccc4ccccc4c3)cc2)CC1. The molecule has 1 N–H and O–H groups in total. The lowest BCUT2D eigenvalue weighted by atomic mass is 10.1. The first-order valence-corrected chi connectivity index (χ1v) is 10.6. The predicted molar refractivity (Wildman–Crippen MR) is 119 cm³/mol. The number of carbonyl (C=O) groups is 1. The van der Waals surface area contributed by atoms with E-state index in [2.05, 4.69) is 64.6 Å². The van der Waals surface area contributed by atoms with Crippen LogP contribution in [-0.4, -0.2) is 49.8 Å². The summed E-state index contributed by atoms with van der Waals surface area (Å²) in [7, 11) is 2.16. The Bertz CT molecular complexity index is 949. The van der Waals surface area contributed by atoms with Crippen molar-refractivity contribution in [2.45, 2.75) is 4.90 Å². The van der Waals surface area contributed by atoms with E-state index in [0.717, 1.165) is 36.8 Å². The normalized spacial score (nSPS) is 15.0. The number of carbonyl (C=O) groups excluding carboxylic acids is 1. The topological polar surface area (TPSA) is 35.6 Å². The first-order chi connectivity index (χ1) is 13.7. The zero-order chi connectivity index (χ0) is 19.3. The van der Waals surface area contributed by atoms with E-state index in [-0.39, 0.29) is 5.91 Å². The van der Waals surface area contributed by atoms with Crippen LogP contribution in [0.2, 0.25) is 0 Å². The molecule has 0 saturated carbocycles. The number of thioether (sulfide) groups is 1. The van der Waals surface area contributed by atoms with Crippen LogP contribution in [0.1, 0.15) is 0 Å². The maximum Gasteiger partial charge on any atom is 0.234 e. The third-order valence-electron chi connectivity index (χ3n) is 5.11. The number of piperazine rings is 1. The van der Waals surface area contributed by atoms with Crippen molar-refractivity contribution in [1.29, 1.82) is 0 Å². The molecule has 3 aromatic carbocycles. The van der Waals surface area contributed by atoms with E-state index < -0.39 is 0 Å². The van der Waals surface area contributed by atoms with Crippen LogP contribution in [0.25, 0.3) is 10.8 Å². The van der Waals surface area contributed by atoms with E-state index in [0.29, 0.717) is 5.75 Å². The van der Waals surface area contributed by atoms with Crippen LogP contribution in [-0.2, 0) is 4.79 Å². The molecule has 0 spiro atoms. The van der Waals surface area contributed by atoms with Gasteiger partial charge in [0.15, 0.2) is 0 Å². The molecule has 28 heavy (non-hydrogen) atoms. The average molecular weight is 392 g/mol. The molecule has 3 aromatic rings. The Morgan fingerprint density at radius 3 is 2.39 bits per heavy atom. The summed E-state index contributed by atoms with van der Waals surface area (Å²) in [5.41, 5.74) is 2.07. The van der Waals surface area contributed by atoms with Crippen molar-refractivity contribution in [2.24, 2.45) is 0 Å². The van der Waals surface area contributed by atoms with Gasteiger partial charge in [0.05, 0.1) is 5.75 Å². The molecule has 0 unspecified atom stereocenters. The molecule has 0 radical (unpaired) electrons. The second kappa shape index (κ2) is 8.67. The Morgan fingerprint density at radius 2 is 1.64 bits per heavy atom. The maximum atomic E-state index is 12.3. The first kappa shape index (κ1) is 18.8. The minimum atomic E-state index is 0.0190. The number of anilines is 2. The number of fused-ring (bicyclic) bond motifs is 1. The molecule has 1 aliphatic rings. The largest absolute Gasteiger partial charge is 0.369 e. The summed E-state index contributed by atoms with van der Waals surface area (Å²) in [4.78, 5) is 18.2. The summed E-state index contributed by atoms with van der Waals surface area (Å²) in [5.74, 6) is 0.420. The Morgan fingerprint density at radius 1 is 0.929 bits per heavy atom. The Balaban J connectivity index is 1.30. The highest BCUT2D eigenvalue weighted by molar-refractivity contribution is 8.00. The molecule has 5 heteroatoms. The number of hydrogen-bond acceptors (Lipinski definition) is 4. The predicted octanol–water partition coefficient (Wildman–Crippen LogP) is 4.32. The van der Waals surface area contributed by atoms with Gasteiger partial charge in [0.1, 0.15) is 0 Å². The maximum absolute atomic E-state index is 12.3. The average Bonchev–Trinajstić information content (AvgIpc) is 2.73. The lowest BCUT2D eigenvalue weighted by Gasteiger charge is -2.34. The van der Waals surface area contributed by atoms with Crippen LogP contribution < -0.4 is 10.2 Å². The minimum absolute atomic E-state index is 0.0190. The molecule has 1 fully saturated rings. The fourth-order valence-corrected chi connectivity index (χ4v) is 4.17. The van der Waals surface area contributed by atoms with Crippen LogP contribution in [0.3, 0.4) is 0 Å². The van der Waals surface area contributed by atoms with Gasteiger partial charge in [-0.15, -0.1) is 11.8 Å². The molecular weight excluding hydrogens is 366 g/mol. The molecule has 0 aliphatic carbocycles. The Hall–Kier alpha value is -2.50. The molecule has 4 nitrogen and oxygen atoms in total. The summed E-state index contributed by atoms with van der Waals surface area (Å²) in [5, 5.41) is 5.42. The monoisotopic (exact) mass is 391 g/mol. The van der Waals surface area contributed by atoms with Crippen LogP contribution in [0.4, 0.5) is 11.4 Å². The van der Waals surface area contributed by atoms with Crippen molar-refractivity contribution in [3.63, 3.8) is 0 Å². The third-order valence-corrected chi connectivity index (χ3v) is 6.10. The zero-order valence-corrected chi connectivity index (χ0v) is 16.9. The summed E-state index contributed by atoms with van der Waals surface area (Å²) in [6, 6.07) is 22.8. The van der Waals surface area contributed by atoms with Gasteiger partial charge in [-0.2, -0.15) is 0 Å². The molecule has 1 amide bonds. The molecular formula is C23H25N3OS. The summed E-state index contributed by atoms with van der Waals surface area (Å²) >= 11 is 1.56. The molecule has 1 saturated heterocycles. The molecule has 1 heterocycles. The molecule has 1 aliphatic heterocycles. The highest BCUT2D eigenvalue weighted by atomic mass is 32.2. The van der Waals surface area contributed by atoms with E-state index in [1.54, 1.807) is 11.8 Å². The number of hydrogen-bond donors (Lipinski definition) is 1. The second-order valence-electron chi connectivity index (χ2n) is 7.18. The standard InChI is InChI=1S/C23H25N3OS/c1-25-12-14-26(15-13-25)21-9-7-20(8-10-21)24-23(27)17-28-22-11-6-18-4-2-3-5-19(18)16-22/h2-11,16H,12-15,17H2,1H3,(H,24,27). The molecule has 0 aromatic heterocycles. The van der Waals surface area contributed by atoms with Gasteiger partial charge in [-0.05, 0) is 54.2 Å². The number of likely N-dealkylation sites (N-methyl/N-ethyl adjacent to an activating group) is 1. The summed E-state index contributed by atoms with van der Waals surface area (Å²) < 4.78 is 0. The van der Waals surface area contributed by atoms with E-state index in [1.165, 1.54) is 16.5 Å². The highest BCUT2D eigenvalue weighted by Crippen LogP contribution is 2.24. The molecule has 144 valence electrons. The van der Waals surface area contributed by atoms with Crippen molar-refractivity contribution >= 4 is 39.8 Å². The van der Waals surface area contributed by atoms with Gasteiger partial charge in [0, 0.05) is 42.4 Å². The number of nitrogens with zero attached hydrogens (tertiary/aromatic N) is 2. The Labute approximate surface area is 170 Å². The van der Waals surface area contributed by atoms with E-state index in [4.69, 9.17) is 0 Å². The van der Waals surface area contributed by atoms with Gasteiger partial charge < -0.3 is 15.1 Å². The number of nitrogens with one attached hydrogen (secondary N) is 1. The quantitative estimate of drug-likeness (QED) is 0.657. The molecule has 0 bridgehead atoms. The number of benzene rings is 3. The van der Waals surface area contributed by atoms with Crippen molar-refractivity contribution in [1.82, 2.24) is 4.90 Å². The van der Waals surface area contributed by atoms with Gasteiger partial charge in [-0.3, -0.25) is 4.79 Å². The minimum Gasteiger partial charge on any atom is -0.369 e. The first-order valence-electron chi connectivity index (χ1n) is 9.62. The van der Waals surface area contributed by atoms with Gasteiger partial charge in [0.2, 0.25) is 5.91 Å². The van der Waals surface area contributed by atoms with E-state index in [1.807, 2.05) is 24.3 Å². The van der Waals surface area contributed by atoms with Gasteiger partial charge in [0.25, 0.3) is 0 Å². The lowest BCUT2D eigenvalue weighted by molar-refractivity contribution is -0.113. The van der Waals surface area contributed by atoms with Crippen molar-refractivity contribution < 1.29 is 4.79 Å². The molecule has 4 rings (SSSR count). The lowest BCUT2D eigenvalue weighted by Crippen LogP contribution is -2.44. The Kier molecular flexibility index (Phi) is 5.84. The van der Waals surface area contributed by atoms with Crippen LogP contribution >= 0.6 is 11.8 Å². The fraction of sp³-hybridized carbons (Fsp3) is 0.261. The second-order valence-corrected chi connectivity index (χ2v) is 8.23. The van der Waals surface area contributed by atoms with Gasteiger partial charge >= 0.3 is 0 Å².